The molecule has 0 amide bonds. The van der Waals surface area contributed by atoms with E-state index in [1.807, 2.05) is 35.7 Å². The predicted octanol–water partition coefficient (Wildman–Crippen LogP) is 4.90. The molecule has 0 atom stereocenters. The van der Waals surface area contributed by atoms with Crippen molar-refractivity contribution in [1.29, 1.82) is 0 Å². The lowest BCUT2D eigenvalue weighted by atomic mass is 10.3. The molecule has 0 fully saturated rings. The molecule has 0 aliphatic heterocycles. The molecule has 18 heavy (non-hydrogen) atoms. The number of fused-ring (bicyclic) bond motifs is 1. The fourth-order valence-electron chi connectivity index (χ4n) is 1.52. The van der Waals surface area contributed by atoms with E-state index in [0.717, 1.165) is 14.7 Å². The van der Waals surface area contributed by atoms with E-state index < -0.39 is 0 Å². The predicted molar refractivity (Wildman–Crippen MR) is 76.6 cm³/mol. The van der Waals surface area contributed by atoms with Crippen LogP contribution in [-0.2, 0) is 0 Å². The average molecular weight is 342 g/mol. The van der Waals surface area contributed by atoms with Gasteiger partial charge >= 0.3 is 0 Å². The van der Waals surface area contributed by atoms with Gasteiger partial charge in [-0.25, -0.2) is 4.98 Å². The molecule has 0 bridgehead atoms. The molecule has 0 saturated heterocycles. The minimum absolute atomic E-state index is 0.190. The van der Waals surface area contributed by atoms with Crippen molar-refractivity contribution in [3.8, 4) is 11.6 Å². The van der Waals surface area contributed by atoms with Crippen LogP contribution in [0.3, 0.4) is 0 Å². The van der Waals surface area contributed by atoms with Gasteiger partial charge in [-0.2, -0.15) is 4.98 Å². The summed E-state index contributed by atoms with van der Waals surface area (Å²) in [5.41, 5.74) is 0. The van der Waals surface area contributed by atoms with E-state index in [1.165, 1.54) is 11.3 Å². The molecule has 0 unspecified atom stereocenters. The van der Waals surface area contributed by atoms with E-state index in [1.54, 1.807) is 0 Å². The van der Waals surface area contributed by atoms with Crippen LogP contribution in [0, 0.1) is 0 Å². The summed E-state index contributed by atoms with van der Waals surface area (Å²) in [6, 6.07) is 9.48. The summed E-state index contributed by atoms with van der Waals surface area (Å²) in [7, 11) is 0. The van der Waals surface area contributed by atoms with Crippen LogP contribution >= 0.6 is 38.9 Å². The van der Waals surface area contributed by atoms with Crippen molar-refractivity contribution >= 4 is 49.1 Å². The highest BCUT2D eigenvalue weighted by Gasteiger charge is 2.10. The second kappa shape index (κ2) is 4.84. The molecule has 3 nitrogen and oxygen atoms in total. The average Bonchev–Trinajstić information content (AvgIpc) is 2.77. The maximum absolute atomic E-state index is 5.87. The maximum atomic E-state index is 5.87. The smallest absolute Gasteiger partial charge is 0.232 e. The minimum atomic E-state index is 0.190. The normalized spacial score (nSPS) is 10.8. The summed E-state index contributed by atoms with van der Waals surface area (Å²) in [4.78, 5) is 9.08. The highest BCUT2D eigenvalue weighted by molar-refractivity contribution is 9.10. The van der Waals surface area contributed by atoms with Crippen molar-refractivity contribution < 1.29 is 4.74 Å². The van der Waals surface area contributed by atoms with Crippen molar-refractivity contribution in [1.82, 2.24) is 9.97 Å². The molecule has 3 aromatic rings. The van der Waals surface area contributed by atoms with Gasteiger partial charge in [0.2, 0.25) is 11.2 Å². The Labute approximate surface area is 121 Å². The highest BCUT2D eigenvalue weighted by atomic mass is 79.9. The molecule has 0 aliphatic rings. The van der Waals surface area contributed by atoms with Gasteiger partial charge in [0.05, 0.1) is 5.39 Å². The largest absolute Gasteiger partial charge is 0.438 e. The van der Waals surface area contributed by atoms with Crippen molar-refractivity contribution in [3.63, 3.8) is 0 Å². The quantitative estimate of drug-likeness (QED) is 0.622. The van der Waals surface area contributed by atoms with Gasteiger partial charge in [0.25, 0.3) is 0 Å². The summed E-state index contributed by atoms with van der Waals surface area (Å²) < 4.78 is 6.70. The van der Waals surface area contributed by atoms with E-state index in [9.17, 15) is 0 Å². The Morgan fingerprint density at radius 3 is 2.94 bits per heavy atom. The molecule has 2 heterocycles. The SMILES string of the molecule is Clc1nc(Oc2cccc(Br)c2)c2ccsc2n1. The fraction of sp³-hybridized carbons (Fsp3) is 0. The molecule has 3 rings (SSSR count). The van der Waals surface area contributed by atoms with Crippen molar-refractivity contribution in [2.45, 2.75) is 0 Å². The Balaban J connectivity index is 2.06. The molecule has 0 spiro atoms. The first-order chi connectivity index (χ1) is 8.72. The summed E-state index contributed by atoms with van der Waals surface area (Å²) in [6.45, 7) is 0. The third-order valence-corrected chi connectivity index (χ3v) is 3.74. The summed E-state index contributed by atoms with van der Waals surface area (Å²) in [6.07, 6.45) is 0. The van der Waals surface area contributed by atoms with Crippen LogP contribution in [0.1, 0.15) is 0 Å². The van der Waals surface area contributed by atoms with Gasteiger partial charge in [0, 0.05) is 4.47 Å². The molecule has 90 valence electrons. The van der Waals surface area contributed by atoms with Crippen molar-refractivity contribution in [2.24, 2.45) is 0 Å². The summed E-state index contributed by atoms with van der Waals surface area (Å²) >= 11 is 10.8. The number of nitrogens with zero attached hydrogens (tertiary/aromatic N) is 2. The number of rotatable bonds is 2. The second-order valence-electron chi connectivity index (χ2n) is 3.50. The highest BCUT2D eigenvalue weighted by Crippen LogP contribution is 2.32. The van der Waals surface area contributed by atoms with Crippen LogP contribution in [0.2, 0.25) is 5.28 Å². The van der Waals surface area contributed by atoms with E-state index in [4.69, 9.17) is 16.3 Å². The lowest BCUT2D eigenvalue weighted by molar-refractivity contribution is 0.468. The zero-order valence-electron chi connectivity index (χ0n) is 8.93. The topological polar surface area (TPSA) is 35.0 Å². The Kier molecular flexibility index (Phi) is 3.20. The second-order valence-corrected chi connectivity index (χ2v) is 5.64. The molecular formula is C12H6BrClN2OS. The number of thiophene rings is 1. The number of hydrogen-bond acceptors (Lipinski definition) is 4. The van der Waals surface area contributed by atoms with Crippen molar-refractivity contribution in [2.75, 3.05) is 0 Å². The van der Waals surface area contributed by atoms with E-state index in [-0.39, 0.29) is 5.28 Å². The summed E-state index contributed by atoms with van der Waals surface area (Å²) in [5, 5.41) is 2.99. The Bertz CT molecular complexity index is 716. The lowest BCUT2D eigenvalue weighted by Gasteiger charge is -2.06. The van der Waals surface area contributed by atoms with Crippen LogP contribution in [0.15, 0.2) is 40.2 Å². The van der Waals surface area contributed by atoms with Gasteiger partial charge in [-0.3, -0.25) is 0 Å². The number of ether oxygens (including phenoxy) is 1. The molecule has 0 N–H and O–H groups in total. The summed E-state index contributed by atoms with van der Waals surface area (Å²) in [5.74, 6) is 1.18. The zero-order valence-corrected chi connectivity index (χ0v) is 12.1. The molecule has 1 aromatic carbocycles. The number of hydrogen-bond donors (Lipinski definition) is 0. The fourth-order valence-corrected chi connectivity index (χ4v) is 2.87. The molecule has 0 aliphatic carbocycles. The first kappa shape index (κ1) is 11.9. The van der Waals surface area contributed by atoms with Crippen LogP contribution in [0.25, 0.3) is 10.2 Å². The Morgan fingerprint density at radius 1 is 1.22 bits per heavy atom. The number of halogens is 2. The first-order valence-electron chi connectivity index (χ1n) is 5.06. The minimum Gasteiger partial charge on any atom is -0.438 e. The number of benzene rings is 1. The van der Waals surface area contributed by atoms with Crippen LogP contribution in [0.4, 0.5) is 0 Å². The van der Waals surface area contributed by atoms with Gasteiger partial charge < -0.3 is 4.74 Å². The van der Waals surface area contributed by atoms with Crippen molar-refractivity contribution in [3.05, 3.63) is 45.5 Å². The van der Waals surface area contributed by atoms with Gasteiger partial charge in [0.1, 0.15) is 10.6 Å². The molecule has 2 aromatic heterocycles. The van der Waals surface area contributed by atoms with E-state index >= 15 is 0 Å². The van der Waals surface area contributed by atoms with Gasteiger partial charge in [-0.05, 0) is 41.2 Å². The Morgan fingerprint density at radius 2 is 2.11 bits per heavy atom. The monoisotopic (exact) mass is 340 g/mol. The van der Waals surface area contributed by atoms with Gasteiger partial charge in [-0.1, -0.05) is 22.0 Å². The zero-order chi connectivity index (χ0) is 12.5. The van der Waals surface area contributed by atoms with Crippen LogP contribution in [0.5, 0.6) is 11.6 Å². The maximum Gasteiger partial charge on any atom is 0.232 e. The standard InChI is InChI=1S/C12H6BrClN2OS/c13-7-2-1-3-8(6-7)17-10-9-4-5-18-11(9)16-12(14)15-10/h1-6H. The van der Waals surface area contributed by atoms with E-state index in [2.05, 4.69) is 25.9 Å². The first-order valence-corrected chi connectivity index (χ1v) is 7.11. The van der Waals surface area contributed by atoms with Gasteiger partial charge in [-0.15, -0.1) is 11.3 Å². The van der Waals surface area contributed by atoms with Crippen LogP contribution < -0.4 is 4.74 Å². The molecular weight excluding hydrogens is 336 g/mol. The Hall–Kier alpha value is -1.17. The molecule has 6 heteroatoms. The third kappa shape index (κ3) is 2.34. The van der Waals surface area contributed by atoms with E-state index in [0.29, 0.717) is 11.6 Å². The lowest BCUT2D eigenvalue weighted by Crippen LogP contribution is -1.91. The molecule has 0 saturated carbocycles. The van der Waals surface area contributed by atoms with Gasteiger partial charge in [0.15, 0.2) is 0 Å². The van der Waals surface area contributed by atoms with Crippen LogP contribution in [-0.4, -0.2) is 9.97 Å². The third-order valence-electron chi connectivity index (χ3n) is 2.27. The molecule has 0 radical (unpaired) electrons. The number of aromatic nitrogens is 2.